The van der Waals surface area contributed by atoms with Crippen LogP contribution in [0.2, 0.25) is 0 Å². The van der Waals surface area contributed by atoms with Crippen LogP contribution < -0.4 is 10.4 Å². The van der Waals surface area contributed by atoms with Crippen molar-refractivity contribution in [1.29, 1.82) is 0 Å². The third kappa shape index (κ3) is 6.24. The van der Waals surface area contributed by atoms with Crippen molar-refractivity contribution in [3.05, 3.63) is 70.2 Å². The molecule has 1 aromatic carbocycles. The maximum Gasteiger partial charge on any atom is 0.329 e. The van der Waals surface area contributed by atoms with Gasteiger partial charge in [0.15, 0.2) is 0 Å². The number of rotatable bonds is 12. The predicted octanol–water partition coefficient (Wildman–Crippen LogP) is 6.67. The monoisotopic (exact) mass is 705 g/mol. The number of benzene rings is 1. The van der Waals surface area contributed by atoms with Gasteiger partial charge in [0, 0.05) is 28.6 Å². The van der Waals surface area contributed by atoms with Gasteiger partial charge in [0.25, 0.3) is 0 Å². The molecule has 0 amide bonds. The third-order valence-electron chi connectivity index (χ3n) is 7.85. The van der Waals surface area contributed by atoms with Gasteiger partial charge in [-0.05, 0) is 104 Å². The molecular formula is C30H37IN5O3PS. The topological polar surface area (TPSA) is 83.2 Å². The summed E-state index contributed by atoms with van der Waals surface area (Å²) in [6, 6.07) is 9.01. The Bertz CT molecular complexity index is 1610. The summed E-state index contributed by atoms with van der Waals surface area (Å²) in [5.41, 5.74) is 5.05. The summed E-state index contributed by atoms with van der Waals surface area (Å²) in [5, 5.41) is 2.32. The molecule has 0 spiro atoms. The van der Waals surface area contributed by atoms with Gasteiger partial charge in [0.2, 0.25) is 0 Å². The molecule has 3 aromatic heterocycles. The zero-order valence-electron chi connectivity index (χ0n) is 23.8. The quantitative estimate of drug-likeness (QED) is 0.0763. The molecule has 8 nitrogen and oxygen atoms in total. The number of pyridine rings is 2. The minimum Gasteiger partial charge on any atom is -0.377 e. The lowest BCUT2D eigenvalue weighted by molar-refractivity contribution is -0.0651. The van der Waals surface area contributed by atoms with Gasteiger partial charge in [-0.2, -0.15) is 0 Å². The first-order valence-corrected chi connectivity index (χ1v) is 19.1. The second kappa shape index (κ2) is 12.2. The van der Waals surface area contributed by atoms with E-state index in [0.717, 1.165) is 60.8 Å². The maximum atomic E-state index is 13.6. The molecule has 6 rings (SSSR count). The van der Waals surface area contributed by atoms with Crippen LogP contribution in [0.1, 0.15) is 69.3 Å². The van der Waals surface area contributed by atoms with Gasteiger partial charge in [0.1, 0.15) is 0 Å². The molecule has 1 aliphatic heterocycles. The Balaban J connectivity index is 1.37. The van der Waals surface area contributed by atoms with Gasteiger partial charge in [-0.25, -0.2) is 9.52 Å². The number of aromatic nitrogens is 4. The van der Waals surface area contributed by atoms with Crippen molar-refractivity contribution in [3.63, 3.8) is 0 Å². The fourth-order valence-electron chi connectivity index (χ4n) is 5.51. The number of fused-ring (bicyclic) bond motifs is 2. The van der Waals surface area contributed by atoms with Crippen LogP contribution in [0.25, 0.3) is 21.8 Å². The third-order valence-corrected chi connectivity index (χ3v) is 10.2. The van der Waals surface area contributed by atoms with E-state index in [1.807, 2.05) is 27.6 Å². The average molecular weight is 706 g/mol. The second-order valence-corrected chi connectivity index (χ2v) is 15.5. The second-order valence-electron chi connectivity index (χ2n) is 12.1. The van der Waals surface area contributed by atoms with E-state index in [2.05, 4.69) is 70.7 Å². The summed E-state index contributed by atoms with van der Waals surface area (Å²) in [7, 11) is 0. The number of halogens is 1. The number of ether oxygens (including phenoxy) is 1. The van der Waals surface area contributed by atoms with E-state index in [-0.39, 0.29) is 16.0 Å². The summed E-state index contributed by atoms with van der Waals surface area (Å²) in [5.74, 6) is 0. The van der Waals surface area contributed by atoms with Crippen molar-refractivity contribution >= 4 is 62.2 Å². The SMILES string of the molecule is CC(C)(C)SNC1(c2ccc3c(CCCCOPI)c(Cn4c(=O)n(C5CC5)c5ccncc54)ncc3c2)COC1. The van der Waals surface area contributed by atoms with E-state index in [1.165, 1.54) is 16.5 Å². The Morgan fingerprint density at radius 2 is 2.02 bits per heavy atom. The summed E-state index contributed by atoms with van der Waals surface area (Å²) in [6.07, 6.45) is 10.5. The van der Waals surface area contributed by atoms with E-state index in [0.29, 0.717) is 32.3 Å². The molecule has 1 N–H and O–H groups in total. The smallest absolute Gasteiger partial charge is 0.329 e. The minimum atomic E-state index is -0.201. The van der Waals surface area contributed by atoms with Gasteiger partial charge in [-0.3, -0.25) is 19.1 Å². The minimum absolute atomic E-state index is 0.0319. The van der Waals surface area contributed by atoms with Crippen LogP contribution in [0.3, 0.4) is 0 Å². The Hall–Kier alpha value is -1.56. The molecule has 2 aliphatic rings. The fraction of sp³-hybridized carbons (Fsp3) is 0.500. The lowest BCUT2D eigenvalue weighted by Gasteiger charge is -2.43. The van der Waals surface area contributed by atoms with Crippen LogP contribution in [-0.2, 0) is 27.8 Å². The molecule has 0 radical (unpaired) electrons. The van der Waals surface area contributed by atoms with Crippen LogP contribution >= 0.6 is 40.4 Å². The van der Waals surface area contributed by atoms with Crippen LogP contribution in [-0.4, -0.2) is 43.7 Å². The Morgan fingerprint density at radius 1 is 1.20 bits per heavy atom. The number of imidazole rings is 1. The van der Waals surface area contributed by atoms with E-state index < -0.39 is 0 Å². The van der Waals surface area contributed by atoms with Crippen LogP contribution in [0.5, 0.6) is 0 Å². The molecule has 41 heavy (non-hydrogen) atoms. The summed E-state index contributed by atoms with van der Waals surface area (Å²) in [6.45, 7) is 9.62. The highest BCUT2D eigenvalue weighted by molar-refractivity contribution is 14.2. The largest absolute Gasteiger partial charge is 0.377 e. The Morgan fingerprint density at radius 3 is 2.73 bits per heavy atom. The van der Waals surface area contributed by atoms with Gasteiger partial charge in [-0.1, -0.05) is 24.1 Å². The molecule has 218 valence electrons. The molecule has 1 atom stereocenters. The first-order valence-electron chi connectivity index (χ1n) is 14.3. The van der Waals surface area contributed by atoms with E-state index >= 15 is 0 Å². The predicted molar refractivity (Wildman–Crippen MR) is 177 cm³/mol. The number of hydrogen-bond donors (Lipinski definition) is 1. The van der Waals surface area contributed by atoms with Crippen molar-refractivity contribution in [2.75, 3.05) is 19.8 Å². The zero-order valence-corrected chi connectivity index (χ0v) is 27.8. The van der Waals surface area contributed by atoms with E-state index in [1.54, 1.807) is 18.1 Å². The Labute approximate surface area is 259 Å². The van der Waals surface area contributed by atoms with E-state index in [4.69, 9.17) is 14.2 Å². The number of aryl methyl sites for hydroxylation is 1. The lowest BCUT2D eigenvalue weighted by Crippen LogP contribution is -2.55. The molecule has 1 saturated carbocycles. The van der Waals surface area contributed by atoms with Crippen molar-refractivity contribution in [2.24, 2.45) is 0 Å². The molecule has 1 aliphatic carbocycles. The summed E-state index contributed by atoms with van der Waals surface area (Å²) < 4.78 is 18.9. The standard InChI is InChI=1S/C30H37IN5O3PS/c1-29(2,3)41-34-30(18-38-19-30)21-7-10-23-20(14-21)15-33-25(24(23)6-4-5-13-39-40-31)17-35-27-16-32-12-11-26(27)36(28(35)37)22-8-9-22/h7,10-12,14-16,22,34,40H,4-6,8-9,13,17-19H2,1-3H3. The zero-order chi connectivity index (χ0) is 28.6. The van der Waals surface area contributed by atoms with Gasteiger partial charge >= 0.3 is 5.69 Å². The highest BCUT2D eigenvalue weighted by Gasteiger charge is 2.41. The van der Waals surface area contributed by atoms with Crippen LogP contribution in [0, 0.1) is 0 Å². The Kier molecular flexibility index (Phi) is 8.79. The molecule has 0 bridgehead atoms. The number of unbranched alkanes of at least 4 members (excludes halogenated alkanes) is 1. The van der Waals surface area contributed by atoms with Crippen molar-refractivity contribution in [3.8, 4) is 0 Å². The van der Waals surface area contributed by atoms with E-state index in [9.17, 15) is 4.79 Å². The van der Waals surface area contributed by atoms with Crippen molar-refractivity contribution in [2.45, 2.75) is 75.7 Å². The molecule has 1 saturated heterocycles. The molecule has 1 unspecified atom stereocenters. The van der Waals surface area contributed by atoms with Crippen molar-refractivity contribution in [1.82, 2.24) is 23.8 Å². The fourth-order valence-corrected chi connectivity index (χ4v) is 7.13. The highest BCUT2D eigenvalue weighted by atomic mass is 127. The van der Waals surface area contributed by atoms with Crippen LogP contribution in [0.4, 0.5) is 0 Å². The normalized spacial score (nSPS) is 17.2. The first-order chi connectivity index (χ1) is 19.8. The highest BCUT2D eigenvalue weighted by Crippen LogP contribution is 2.38. The first kappa shape index (κ1) is 29.5. The average Bonchev–Trinajstić information content (AvgIpc) is 3.72. The van der Waals surface area contributed by atoms with Gasteiger partial charge < -0.3 is 9.26 Å². The molecule has 4 aromatic rings. The molecule has 4 heterocycles. The van der Waals surface area contributed by atoms with Gasteiger partial charge in [0.05, 0.1) is 61.3 Å². The summed E-state index contributed by atoms with van der Waals surface area (Å²) >= 11 is 4.02. The van der Waals surface area contributed by atoms with Gasteiger partial charge in [-0.15, -0.1) is 0 Å². The van der Waals surface area contributed by atoms with Crippen LogP contribution in [0.15, 0.2) is 47.7 Å². The number of hydrogen-bond acceptors (Lipinski definition) is 7. The molecule has 2 fully saturated rings. The lowest BCUT2D eigenvalue weighted by atomic mass is 9.87. The number of nitrogens with one attached hydrogen (secondary N) is 1. The summed E-state index contributed by atoms with van der Waals surface area (Å²) in [4.78, 5) is 23.0. The molecule has 11 heteroatoms. The number of nitrogens with zero attached hydrogens (tertiary/aromatic N) is 4. The maximum absolute atomic E-state index is 13.6. The van der Waals surface area contributed by atoms with Crippen molar-refractivity contribution < 1.29 is 9.26 Å². The molecular weight excluding hydrogens is 668 g/mol.